The molecular formula is C19H27N3O4S. The Bertz CT molecular complexity index is 690. The Balaban J connectivity index is 1.85. The van der Waals surface area contributed by atoms with Gasteiger partial charge in [-0.05, 0) is 32.0 Å². The number of carbonyl (C=O) groups is 3. The van der Waals surface area contributed by atoms with Crippen LogP contribution in [0.1, 0.15) is 11.1 Å². The van der Waals surface area contributed by atoms with E-state index in [0.29, 0.717) is 18.8 Å². The van der Waals surface area contributed by atoms with Crippen molar-refractivity contribution in [3.63, 3.8) is 0 Å². The molecule has 0 aliphatic carbocycles. The number of methoxy groups -OCH3 is 1. The first-order valence-corrected chi connectivity index (χ1v) is 9.88. The number of likely N-dealkylation sites (N-methyl/N-ethyl adjacent to an activating group) is 1. The fourth-order valence-electron chi connectivity index (χ4n) is 2.97. The van der Waals surface area contributed by atoms with Gasteiger partial charge in [-0.1, -0.05) is 18.2 Å². The number of nitrogens with one attached hydrogen (secondary N) is 1. The third-order valence-corrected chi connectivity index (χ3v) is 5.61. The highest BCUT2D eigenvalue weighted by Crippen LogP contribution is 2.20. The Morgan fingerprint density at radius 3 is 2.56 bits per heavy atom. The van der Waals surface area contributed by atoms with Gasteiger partial charge in [-0.25, -0.2) is 0 Å². The summed E-state index contributed by atoms with van der Waals surface area (Å²) in [7, 11) is 3.09. The molecule has 0 spiro atoms. The number of hydrogen-bond acceptors (Lipinski definition) is 6. The Kier molecular flexibility index (Phi) is 7.67. The van der Waals surface area contributed by atoms with Crippen LogP contribution in [0.2, 0.25) is 0 Å². The monoisotopic (exact) mass is 393 g/mol. The summed E-state index contributed by atoms with van der Waals surface area (Å²) in [6.45, 7) is 5.07. The van der Waals surface area contributed by atoms with E-state index >= 15 is 0 Å². The molecule has 0 saturated carbocycles. The molecule has 1 N–H and O–H groups in total. The molecule has 1 aromatic rings. The van der Waals surface area contributed by atoms with Crippen LogP contribution in [0.25, 0.3) is 0 Å². The van der Waals surface area contributed by atoms with Crippen LogP contribution in [0.3, 0.4) is 0 Å². The number of nitrogens with zero attached hydrogens (tertiary/aromatic N) is 2. The third-order valence-electron chi connectivity index (χ3n) is 4.45. The second-order valence-corrected chi connectivity index (χ2v) is 8.02. The van der Waals surface area contributed by atoms with Gasteiger partial charge in [0.25, 0.3) is 0 Å². The molecule has 0 bridgehead atoms. The van der Waals surface area contributed by atoms with Gasteiger partial charge in [-0.2, -0.15) is 0 Å². The molecule has 1 fully saturated rings. The fraction of sp³-hybridized carbons (Fsp3) is 0.526. The fourth-order valence-corrected chi connectivity index (χ4v) is 4.10. The number of esters is 1. The predicted octanol–water partition coefficient (Wildman–Crippen LogP) is 1.29. The van der Waals surface area contributed by atoms with Crippen LogP contribution in [0.5, 0.6) is 0 Å². The van der Waals surface area contributed by atoms with Gasteiger partial charge in [-0.3, -0.25) is 19.3 Å². The van der Waals surface area contributed by atoms with Gasteiger partial charge >= 0.3 is 5.97 Å². The van der Waals surface area contributed by atoms with Crippen molar-refractivity contribution >= 4 is 35.2 Å². The normalized spacial score (nSPS) is 16.9. The van der Waals surface area contributed by atoms with E-state index in [1.807, 2.05) is 32.0 Å². The lowest BCUT2D eigenvalue weighted by Gasteiger charge is -2.32. The summed E-state index contributed by atoms with van der Waals surface area (Å²) in [4.78, 5) is 39.9. The molecule has 148 valence electrons. The highest BCUT2D eigenvalue weighted by atomic mass is 32.2. The maximum atomic E-state index is 12.5. The number of anilines is 1. The molecule has 0 radical (unpaired) electrons. The molecule has 1 atom stereocenters. The van der Waals surface area contributed by atoms with Crippen molar-refractivity contribution in [3.05, 3.63) is 29.3 Å². The van der Waals surface area contributed by atoms with E-state index in [2.05, 4.69) is 5.32 Å². The lowest BCUT2D eigenvalue weighted by Crippen LogP contribution is -2.48. The first kappa shape index (κ1) is 21.2. The van der Waals surface area contributed by atoms with Gasteiger partial charge in [0, 0.05) is 24.5 Å². The molecule has 2 amide bonds. The van der Waals surface area contributed by atoms with Crippen molar-refractivity contribution in [2.24, 2.45) is 0 Å². The molecule has 7 nitrogen and oxygen atoms in total. The quantitative estimate of drug-likeness (QED) is 0.734. The zero-order chi connectivity index (χ0) is 20.0. The number of thioether (sulfide) groups is 1. The van der Waals surface area contributed by atoms with Crippen molar-refractivity contribution in [1.29, 1.82) is 0 Å². The predicted molar refractivity (Wildman–Crippen MR) is 107 cm³/mol. The lowest BCUT2D eigenvalue weighted by atomic mass is 10.1. The van der Waals surface area contributed by atoms with Gasteiger partial charge in [-0.15, -0.1) is 11.8 Å². The van der Waals surface area contributed by atoms with E-state index in [4.69, 9.17) is 4.74 Å². The van der Waals surface area contributed by atoms with Crippen molar-refractivity contribution in [1.82, 2.24) is 9.80 Å². The summed E-state index contributed by atoms with van der Waals surface area (Å²) in [6, 6.07) is 5.84. The highest BCUT2D eigenvalue weighted by molar-refractivity contribution is 8.00. The van der Waals surface area contributed by atoms with Crippen molar-refractivity contribution in [3.8, 4) is 0 Å². The van der Waals surface area contributed by atoms with E-state index in [1.165, 1.54) is 18.9 Å². The second kappa shape index (κ2) is 9.75. The average Bonchev–Trinajstić information content (AvgIpc) is 2.64. The van der Waals surface area contributed by atoms with Crippen molar-refractivity contribution < 1.29 is 19.1 Å². The lowest BCUT2D eigenvalue weighted by molar-refractivity contribution is -0.141. The van der Waals surface area contributed by atoms with Crippen molar-refractivity contribution in [2.75, 3.05) is 51.4 Å². The van der Waals surface area contributed by atoms with E-state index in [1.54, 1.807) is 16.8 Å². The maximum absolute atomic E-state index is 12.5. The van der Waals surface area contributed by atoms with Crippen molar-refractivity contribution in [2.45, 2.75) is 19.1 Å². The first-order valence-electron chi connectivity index (χ1n) is 8.83. The van der Waals surface area contributed by atoms with Gasteiger partial charge in [0.15, 0.2) is 0 Å². The smallest absolute Gasteiger partial charge is 0.320 e. The summed E-state index contributed by atoms with van der Waals surface area (Å²) in [5, 5.41) is 2.58. The molecule has 1 aromatic carbocycles. The number of hydrogen-bond donors (Lipinski definition) is 1. The summed E-state index contributed by atoms with van der Waals surface area (Å²) >= 11 is 1.50. The Morgan fingerprint density at radius 2 is 1.93 bits per heavy atom. The molecule has 0 unspecified atom stereocenters. The number of para-hydroxylation sites is 1. The number of rotatable bonds is 6. The SMILES string of the molecule is COC(=O)[C@@H]1CN(C(=O)CN(C)CC(=O)Nc2c(C)cccc2C)CCS1. The zero-order valence-corrected chi connectivity index (χ0v) is 17.1. The van der Waals surface area contributed by atoms with Crippen LogP contribution < -0.4 is 5.32 Å². The number of ether oxygens (including phenoxy) is 1. The minimum absolute atomic E-state index is 0.0911. The minimum Gasteiger partial charge on any atom is -0.468 e. The van der Waals surface area contributed by atoms with E-state index in [0.717, 1.165) is 16.8 Å². The van der Waals surface area contributed by atoms with Gasteiger partial charge in [0.1, 0.15) is 5.25 Å². The third kappa shape index (κ3) is 5.97. The Morgan fingerprint density at radius 1 is 1.26 bits per heavy atom. The van der Waals surface area contributed by atoms with Gasteiger partial charge in [0.2, 0.25) is 11.8 Å². The van der Waals surface area contributed by atoms with Crippen LogP contribution in [-0.2, 0) is 19.1 Å². The first-order chi connectivity index (χ1) is 12.8. The van der Waals surface area contributed by atoms with E-state index < -0.39 is 0 Å². The largest absolute Gasteiger partial charge is 0.468 e. The summed E-state index contributed by atoms with van der Waals surface area (Å²) in [6.07, 6.45) is 0. The van der Waals surface area contributed by atoms with E-state index in [9.17, 15) is 14.4 Å². The number of benzene rings is 1. The molecular weight excluding hydrogens is 366 g/mol. The highest BCUT2D eigenvalue weighted by Gasteiger charge is 2.30. The van der Waals surface area contributed by atoms with Crippen LogP contribution in [0.15, 0.2) is 18.2 Å². The van der Waals surface area contributed by atoms with Crippen LogP contribution >= 0.6 is 11.8 Å². The molecule has 1 saturated heterocycles. The number of amides is 2. The Labute approximate surface area is 164 Å². The zero-order valence-electron chi connectivity index (χ0n) is 16.3. The maximum Gasteiger partial charge on any atom is 0.320 e. The molecule has 1 heterocycles. The van der Waals surface area contributed by atoms with Gasteiger partial charge < -0.3 is 15.0 Å². The van der Waals surface area contributed by atoms with Crippen LogP contribution in [-0.4, -0.2) is 78.9 Å². The van der Waals surface area contributed by atoms with E-state index in [-0.39, 0.29) is 36.1 Å². The van der Waals surface area contributed by atoms with Crippen LogP contribution in [0.4, 0.5) is 5.69 Å². The topological polar surface area (TPSA) is 79.0 Å². The second-order valence-electron chi connectivity index (χ2n) is 6.71. The Hall–Kier alpha value is -2.06. The summed E-state index contributed by atoms with van der Waals surface area (Å²) in [5.74, 6) is 0.136. The summed E-state index contributed by atoms with van der Waals surface area (Å²) < 4.78 is 4.77. The number of aryl methyl sites for hydroxylation is 2. The van der Waals surface area contributed by atoms with Gasteiger partial charge in [0.05, 0.1) is 20.2 Å². The number of carbonyl (C=O) groups excluding carboxylic acids is 3. The van der Waals surface area contributed by atoms with Crippen LogP contribution in [0, 0.1) is 13.8 Å². The molecule has 27 heavy (non-hydrogen) atoms. The molecule has 1 aliphatic heterocycles. The molecule has 1 aliphatic rings. The minimum atomic E-state index is -0.342. The summed E-state index contributed by atoms with van der Waals surface area (Å²) in [5.41, 5.74) is 2.82. The molecule has 2 rings (SSSR count). The average molecular weight is 394 g/mol. The molecule has 8 heteroatoms. The standard InChI is InChI=1S/C19H27N3O4S/c1-13-6-5-7-14(2)18(13)20-16(23)11-21(3)12-17(24)22-8-9-27-15(10-22)19(25)26-4/h5-7,15H,8-12H2,1-4H3,(H,20,23)/t15-/m0/s1. The molecule has 0 aromatic heterocycles.